The van der Waals surface area contributed by atoms with Crippen molar-refractivity contribution in [3.05, 3.63) is 0 Å². The Hall–Kier alpha value is 0.250. The molecule has 0 heterocycles. The van der Waals surface area contributed by atoms with E-state index in [4.69, 9.17) is 11.6 Å². The van der Waals surface area contributed by atoms with Gasteiger partial charge in [0, 0.05) is 11.9 Å². The van der Waals surface area contributed by atoms with Gasteiger partial charge in [-0.05, 0) is 38.1 Å². The molecule has 1 nitrogen and oxygen atoms in total. The average molecular weight is 176 g/mol. The molecule has 0 amide bonds. The molecular weight excluding hydrogens is 158 g/mol. The molecule has 1 aliphatic carbocycles. The van der Waals surface area contributed by atoms with E-state index in [1.54, 1.807) is 0 Å². The predicted octanol–water partition coefficient (Wildman–Crippen LogP) is 2.39. The van der Waals surface area contributed by atoms with Crippen molar-refractivity contribution >= 4 is 11.6 Å². The fourth-order valence-corrected chi connectivity index (χ4v) is 1.50. The van der Waals surface area contributed by atoms with E-state index in [2.05, 4.69) is 12.2 Å². The second-order valence-corrected chi connectivity index (χ2v) is 3.81. The van der Waals surface area contributed by atoms with Crippen LogP contribution in [0.1, 0.15) is 32.6 Å². The van der Waals surface area contributed by atoms with Crippen LogP contribution in [0.25, 0.3) is 0 Å². The summed E-state index contributed by atoms with van der Waals surface area (Å²) < 4.78 is 0. The van der Waals surface area contributed by atoms with Gasteiger partial charge in [-0.2, -0.15) is 0 Å². The van der Waals surface area contributed by atoms with Crippen LogP contribution >= 0.6 is 11.6 Å². The number of rotatable bonds is 6. The van der Waals surface area contributed by atoms with Gasteiger partial charge < -0.3 is 5.32 Å². The first kappa shape index (κ1) is 9.34. The summed E-state index contributed by atoms with van der Waals surface area (Å²) in [6, 6.07) is 0.660. The first-order valence-electron chi connectivity index (χ1n) is 4.66. The summed E-state index contributed by atoms with van der Waals surface area (Å²) in [5.41, 5.74) is 0. The molecule has 1 N–H and O–H groups in total. The molecule has 0 aromatic rings. The molecule has 1 atom stereocenters. The lowest BCUT2D eigenvalue weighted by molar-refractivity contribution is 0.474. The zero-order valence-electron chi connectivity index (χ0n) is 7.28. The standard InChI is InChI=1S/C9H18ClN/c1-2-9(5-6-10)11-7-8-3-4-8/h8-9,11H,2-7H2,1H3. The summed E-state index contributed by atoms with van der Waals surface area (Å²) in [5, 5.41) is 3.55. The highest BCUT2D eigenvalue weighted by Gasteiger charge is 2.21. The number of halogens is 1. The molecule has 1 saturated carbocycles. The largest absolute Gasteiger partial charge is 0.314 e. The molecule has 1 rings (SSSR count). The molecule has 11 heavy (non-hydrogen) atoms. The van der Waals surface area contributed by atoms with Gasteiger partial charge in [0.05, 0.1) is 0 Å². The number of alkyl halides is 1. The Balaban J connectivity index is 1.98. The van der Waals surface area contributed by atoms with Crippen molar-refractivity contribution in [3.8, 4) is 0 Å². The third-order valence-corrected chi connectivity index (χ3v) is 2.56. The van der Waals surface area contributed by atoms with E-state index in [0.29, 0.717) is 6.04 Å². The second-order valence-electron chi connectivity index (χ2n) is 3.43. The Labute approximate surface area is 74.5 Å². The monoisotopic (exact) mass is 175 g/mol. The molecule has 0 spiro atoms. The lowest BCUT2D eigenvalue weighted by Gasteiger charge is -2.14. The summed E-state index contributed by atoms with van der Waals surface area (Å²) in [4.78, 5) is 0. The highest BCUT2D eigenvalue weighted by Crippen LogP contribution is 2.27. The molecule has 1 aliphatic rings. The topological polar surface area (TPSA) is 12.0 Å². The maximum atomic E-state index is 5.67. The van der Waals surface area contributed by atoms with Crippen LogP contribution in [-0.2, 0) is 0 Å². The molecule has 0 aromatic heterocycles. The lowest BCUT2D eigenvalue weighted by Crippen LogP contribution is -2.30. The zero-order chi connectivity index (χ0) is 8.10. The maximum absolute atomic E-state index is 5.67. The van der Waals surface area contributed by atoms with E-state index in [1.807, 2.05) is 0 Å². The van der Waals surface area contributed by atoms with Gasteiger partial charge in [0.2, 0.25) is 0 Å². The minimum absolute atomic E-state index is 0.660. The first-order valence-corrected chi connectivity index (χ1v) is 5.19. The maximum Gasteiger partial charge on any atom is 0.0238 e. The molecule has 0 aliphatic heterocycles. The fourth-order valence-electron chi connectivity index (χ4n) is 1.24. The summed E-state index contributed by atoms with van der Waals surface area (Å²) in [5.74, 6) is 1.77. The molecule has 2 heteroatoms. The van der Waals surface area contributed by atoms with E-state index in [1.165, 1.54) is 25.8 Å². The van der Waals surface area contributed by atoms with E-state index in [9.17, 15) is 0 Å². The minimum atomic E-state index is 0.660. The van der Waals surface area contributed by atoms with Gasteiger partial charge in [0.1, 0.15) is 0 Å². The predicted molar refractivity (Wildman–Crippen MR) is 50.1 cm³/mol. The van der Waals surface area contributed by atoms with E-state index >= 15 is 0 Å². The van der Waals surface area contributed by atoms with Crippen LogP contribution in [0.4, 0.5) is 0 Å². The van der Waals surface area contributed by atoms with Crippen molar-refractivity contribution in [1.29, 1.82) is 0 Å². The van der Waals surface area contributed by atoms with Crippen molar-refractivity contribution in [2.75, 3.05) is 12.4 Å². The third-order valence-electron chi connectivity index (χ3n) is 2.34. The molecule has 66 valence electrons. The van der Waals surface area contributed by atoms with Crippen molar-refractivity contribution in [2.24, 2.45) is 5.92 Å². The minimum Gasteiger partial charge on any atom is -0.314 e. The Bertz CT molecular complexity index is 102. The smallest absolute Gasteiger partial charge is 0.0238 e. The van der Waals surface area contributed by atoms with E-state index in [-0.39, 0.29) is 0 Å². The number of hydrogen-bond acceptors (Lipinski definition) is 1. The first-order chi connectivity index (χ1) is 5.36. The molecule has 0 bridgehead atoms. The van der Waals surface area contributed by atoms with Gasteiger partial charge in [-0.25, -0.2) is 0 Å². The third kappa shape index (κ3) is 3.97. The van der Waals surface area contributed by atoms with Crippen molar-refractivity contribution in [1.82, 2.24) is 5.32 Å². The van der Waals surface area contributed by atoms with Crippen LogP contribution in [0.15, 0.2) is 0 Å². The lowest BCUT2D eigenvalue weighted by atomic mass is 10.1. The highest BCUT2D eigenvalue weighted by atomic mass is 35.5. The summed E-state index contributed by atoms with van der Waals surface area (Å²) in [7, 11) is 0. The normalized spacial score (nSPS) is 20.2. The SMILES string of the molecule is CCC(CCCl)NCC1CC1. The van der Waals surface area contributed by atoms with Gasteiger partial charge in [-0.15, -0.1) is 11.6 Å². The zero-order valence-corrected chi connectivity index (χ0v) is 8.03. The molecule has 1 unspecified atom stereocenters. The molecular formula is C9H18ClN. The van der Waals surface area contributed by atoms with Crippen LogP contribution in [0.2, 0.25) is 0 Å². The molecule has 1 fully saturated rings. The highest BCUT2D eigenvalue weighted by molar-refractivity contribution is 6.17. The average Bonchev–Trinajstić information content (AvgIpc) is 2.81. The van der Waals surface area contributed by atoms with Crippen LogP contribution in [-0.4, -0.2) is 18.5 Å². The Kier molecular flexibility index (Phi) is 4.24. The summed E-state index contributed by atoms with van der Waals surface area (Å²) in [6.45, 7) is 3.44. The molecule has 0 saturated heterocycles. The van der Waals surface area contributed by atoms with Crippen LogP contribution in [0.5, 0.6) is 0 Å². The summed E-state index contributed by atoms with van der Waals surface area (Å²) in [6.07, 6.45) is 5.19. The number of hydrogen-bond donors (Lipinski definition) is 1. The second kappa shape index (κ2) is 5.00. The molecule has 0 radical (unpaired) electrons. The van der Waals surface area contributed by atoms with Crippen LogP contribution in [0, 0.1) is 5.92 Å². The van der Waals surface area contributed by atoms with Gasteiger partial charge in [0.15, 0.2) is 0 Å². The van der Waals surface area contributed by atoms with Crippen molar-refractivity contribution in [3.63, 3.8) is 0 Å². The van der Waals surface area contributed by atoms with E-state index in [0.717, 1.165) is 18.2 Å². The van der Waals surface area contributed by atoms with Gasteiger partial charge >= 0.3 is 0 Å². The number of nitrogens with one attached hydrogen (secondary N) is 1. The fraction of sp³-hybridized carbons (Fsp3) is 1.00. The van der Waals surface area contributed by atoms with Gasteiger partial charge in [-0.1, -0.05) is 6.92 Å². The quantitative estimate of drug-likeness (QED) is 0.612. The summed E-state index contributed by atoms with van der Waals surface area (Å²) >= 11 is 5.67. The molecule has 0 aromatic carbocycles. The van der Waals surface area contributed by atoms with Crippen molar-refractivity contribution in [2.45, 2.75) is 38.6 Å². The van der Waals surface area contributed by atoms with Gasteiger partial charge in [0.25, 0.3) is 0 Å². The Morgan fingerprint density at radius 3 is 2.73 bits per heavy atom. The van der Waals surface area contributed by atoms with Crippen LogP contribution in [0.3, 0.4) is 0 Å². The van der Waals surface area contributed by atoms with Gasteiger partial charge in [-0.3, -0.25) is 0 Å². The van der Waals surface area contributed by atoms with Crippen molar-refractivity contribution < 1.29 is 0 Å². The Morgan fingerprint density at radius 2 is 2.27 bits per heavy atom. The van der Waals surface area contributed by atoms with Crippen LogP contribution < -0.4 is 5.32 Å². The van der Waals surface area contributed by atoms with E-state index < -0.39 is 0 Å². The Morgan fingerprint density at radius 1 is 1.55 bits per heavy atom.